The molecule has 1 aliphatic heterocycles. The molecule has 2 N–H and O–H groups in total. The van der Waals surface area contributed by atoms with Gasteiger partial charge < -0.3 is 15.2 Å². The summed E-state index contributed by atoms with van der Waals surface area (Å²) < 4.78 is 5.30. The largest absolute Gasteiger partial charge is 0.480 e. The standard InChI is InChI=1S/C15H27NO4/c1-3-11(2)14(15(18)19)16-13(17)6-4-5-12-7-9-20-10-8-12/h11-12,14H,3-10H2,1-2H3,(H,16,17)(H,18,19). The highest BCUT2D eigenvalue weighted by atomic mass is 16.5. The van der Waals surface area contributed by atoms with Gasteiger partial charge in [-0.05, 0) is 37.5 Å². The van der Waals surface area contributed by atoms with Gasteiger partial charge in [0.1, 0.15) is 6.04 Å². The van der Waals surface area contributed by atoms with Gasteiger partial charge in [-0.15, -0.1) is 0 Å². The number of nitrogens with one attached hydrogen (secondary N) is 1. The first-order valence-corrected chi connectivity index (χ1v) is 7.64. The van der Waals surface area contributed by atoms with Crippen LogP contribution in [0.2, 0.25) is 0 Å². The van der Waals surface area contributed by atoms with Crippen LogP contribution in [-0.4, -0.2) is 36.2 Å². The van der Waals surface area contributed by atoms with Gasteiger partial charge in [-0.3, -0.25) is 4.79 Å². The van der Waals surface area contributed by atoms with Gasteiger partial charge in [-0.2, -0.15) is 0 Å². The lowest BCUT2D eigenvalue weighted by Crippen LogP contribution is -2.44. The van der Waals surface area contributed by atoms with Crippen LogP contribution in [0.5, 0.6) is 0 Å². The Bertz CT molecular complexity index is 313. The van der Waals surface area contributed by atoms with Crippen molar-refractivity contribution in [2.24, 2.45) is 11.8 Å². The molecule has 0 radical (unpaired) electrons. The molecule has 5 heteroatoms. The highest BCUT2D eigenvalue weighted by Crippen LogP contribution is 2.20. The zero-order valence-corrected chi connectivity index (χ0v) is 12.6. The van der Waals surface area contributed by atoms with E-state index in [2.05, 4.69) is 5.32 Å². The first kappa shape index (κ1) is 17.0. The first-order valence-electron chi connectivity index (χ1n) is 7.64. The highest BCUT2D eigenvalue weighted by molar-refractivity contribution is 5.83. The van der Waals surface area contributed by atoms with Gasteiger partial charge in [0.25, 0.3) is 0 Å². The van der Waals surface area contributed by atoms with Crippen molar-refractivity contribution < 1.29 is 19.4 Å². The third-order valence-electron chi connectivity index (χ3n) is 4.15. The fourth-order valence-electron chi connectivity index (χ4n) is 2.52. The molecule has 0 aromatic rings. The van der Waals surface area contributed by atoms with Crippen LogP contribution in [0.25, 0.3) is 0 Å². The van der Waals surface area contributed by atoms with E-state index in [0.717, 1.165) is 45.3 Å². The van der Waals surface area contributed by atoms with E-state index in [1.165, 1.54) is 0 Å². The number of hydrogen-bond donors (Lipinski definition) is 2. The van der Waals surface area contributed by atoms with Crippen LogP contribution >= 0.6 is 0 Å². The Morgan fingerprint density at radius 3 is 2.55 bits per heavy atom. The summed E-state index contributed by atoms with van der Waals surface area (Å²) >= 11 is 0. The van der Waals surface area contributed by atoms with E-state index in [4.69, 9.17) is 9.84 Å². The number of ether oxygens (including phenoxy) is 1. The maximum atomic E-state index is 11.8. The fourth-order valence-corrected chi connectivity index (χ4v) is 2.52. The summed E-state index contributed by atoms with van der Waals surface area (Å²) in [6.07, 6.45) is 5.15. The predicted molar refractivity (Wildman–Crippen MR) is 76.4 cm³/mol. The number of hydrogen-bond acceptors (Lipinski definition) is 3. The summed E-state index contributed by atoms with van der Waals surface area (Å²) in [6, 6.07) is -0.768. The monoisotopic (exact) mass is 285 g/mol. The van der Waals surface area contributed by atoms with E-state index < -0.39 is 12.0 Å². The summed E-state index contributed by atoms with van der Waals surface area (Å²) in [5, 5.41) is 11.8. The van der Waals surface area contributed by atoms with Gasteiger partial charge >= 0.3 is 5.97 Å². The second-order valence-electron chi connectivity index (χ2n) is 5.72. The number of carbonyl (C=O) groups is 2. The average Bonchev–Trinajstić information content (AvgIpc) is 2.45. The first-order chi connectivity index (χ1) is 9.54. The number of carbonyl (C=O) groups excluding carboxylic acids is 1. The normalized spacial score (nSPS) is 19.3. The highest BCUT2D eigenvalue weighted by Gasteiger charge is 2.25. The molecule has 20 heavy (non-hydrogen) atoms. The van der Waals surface area contributed by atoms with E-state index in [-0.39, 0.29) is 11.8 Å². The number of amides is 1. The summed E-state index contributed by atoms with van der Waals surface area (Å²) in [7, 11) is 0. The maximum Gasteiger partial charge on any atom is 0.326 e. The molecule has 1 aliphatic rings. The van der Waals surface area contributed by atoms with Crippen LogP contribution in [-0.2, 0) is 14.3 Å². The van der Waals surface area contributed by atoms with Gasteiger partial charge in [0.15, 0.2) is 0 Å². The molecule has 1 rings (SSSR count). The van der Waals surface area contributed by atoms with Gasteiger partial charge in [0.2, 0.25) is 5.91 Å². The molecule has 0 spiro atoms. The molecule has 1 amide bonds. The van der Waals surface area contributed by atoms with Crippen LogP contribution in [0.15, 0.2) is 0 Å². The Balaban J connectivity index is 2.25. The summed E-state index contributed by atoms with van der Waals surface area (Å²) in [4.78, 5) is 22.9. The van der Waals surface area contributed by atoms with Gasteiger partial charge in [0, 0.05) is 19.6 Å². The van der Waals surface area contributed by atoms with Crippen molar-refractivity contribution in [1.29, 1.82) is 0 Å². The van der Waals surface area contributed by atoms with Crippen molar-refractivity contribution >= 4 is 11.9 Å². The second-order valence-corrected chi connectivity index (χ2v) is 5.72. The second kappa shape index (κ2) is 8.95. The zero-order valence-electron chi connectivity index (χ0n) is 12.6. The third kappa shape index (κ3) is 5.90. The summed E-state index contributed by atoms with van der Waals surface area (Å²) in [5.74, 6) is -0.491. The van der Waals surface area contributed by atoms with E-state index in [1.54, 1.807) is 0 Å². The average molecular weight is 285 g/mol. The topological polar surface area (TPSA) is 75.6 Å². The Kier molecular flexibility index (Phi) is 7.59. The van der Waals surface area contributed by atoms with Crippen molar-refractivity contribution in [3.05, 3.63) is 0 Å². The molecular weight excluding hydrogens is 258 g/mol. The van der Waals surface area contributed by atoms with Crippen LogP contribution < -0.4 is 5.32 Å². The maximum absolute atomic E-state index is 11.8. The van der Waals surface area contributed by atoms with Crippen LogP contribution in [0.4, 0.5) is 0 Å². The van der Waals surface area contributed by atoms with Crippen LogP contribution in [0, 0.1) is 11.8 Å². The smallest absolute Gasteiger partial charge is 0.326 e. The molecule has 0 aromatic carbocycles. The fraction of sp³-hybridized carbons (Fsp3) is 0.867. The van der Waals surface area contributed by atoms with Gasteiger partial charge in [-0.25, -0.2) is 4.79 Å². The van der Waals surface area contributed by atoms with Crippen molar-refractivity contribution in [3.63, 3.8) is 0 Å². The van der Waals surface area contributed by atoms with E-state index in [9.17, 15) is 9.59 Å². The molecule has 0 bridgehead atoms. The molecule has 0 saturated carbocycles. The minimum Gasteiger partial charge on any atom is -0.480 e. The summed E-state index contributed by atoms with van der Waals surface area (Å²) in [6.45, 7) is 5.43. The van der Waals surface area contributed by atoms with Crippen molar-refractivity contribution in [2.45, 2.75) is 58.4 Å². The molecule has 0 aromatic heterocycles. The molecule has 2 atom stereocenters. The number of carboxylic acid groups (broad SMARTS) is 1. The molecule has 0 aliphatic carbocycles. The van der Waals surface area contributed by atoms with E-state index >= 15 is 0 Å². The molecule has 1 heterocycles. The van der Waals surface area contributed by atoms with Crippen molar-refractivity contribution in [1.82, 2.24) is 5.32 Å². The molecule has 116 valence electrons. The van der Waals surface area contributed by atoms with Gasteiger partial charge in [-0.1, -0.05) is 20.3 Å². The lowest BCUT2D eigenvalue weighted by molar-refractivity contribution is -0.143. The minimum atomic E-state index is -0.947. The van der Waals surface area contributed by atoms with E-state index in [1.807, 2.05) is 13.8 Å². The molecule has 1 fully saturated rings. The van der Waals surface area contributed by atoms with Crippen LogP contribution in [0.1, 0.15) is 52.4 Å². The number of rotatable bonds is 8. The Labute approximate surface area is 121 Å². The van der Waals surface area contributed by atoms with Crippen LogP contribution in [0.3, 0.4) is 0 Å². The Morgan fingerprint density at radius 1 is 1.35 bits per heavy atom. The minimum absolute atomic E-state index is 0.0491. The molecule has 1 saturated heterocycles. The third-order valence-corrected chi connectivity index (χ3v) is 4.15. The number of aliphatic carboxylic acids is 1. The molecular formula is C15H27NO4. The van der Waals surface area contributed by atoms with Gasteiger partial charge in [0.05, 0.1) is 0 Å². The zero-order chi connectivity index (χ0) is 15.0. The van der Waals surface area contributed by atoms with Crippen molar-refractivity contribution in [2.75, 3.05) is 13.2 Å². The Morgan fingerprint density at radius 2 is 2.00 bits per heavy atom. The quantitative estimate of drug-likeness (QED) is 0.717. The van der Waals surface area contributed by atoms with Crippen molar-refractivity contribution in [3.8, 4) is 0 Å². The van der Waals surface area contributed by atoms with E-state index in [0.29, 0.717) is 12.3 Å². The number of carboxylic acids is 1. The Hall–Kier alpha value is -1.10. The SMILES string of the molecule is CCC(C)C(NC(=O)CCCC1CCOCC1)C(=O)O. The predicted octanol–water partition coefficient (Wildman–Crippen LogP) is 2.20. The lowest BCUT2D eigenvalue weighted by Gasteiger charge is -2.22. The molecule has 5 nitrogen and oxygen atoms in total. The lowest BCUT2D eigenvalue weighted by atomic mass is 9.94. The molecule has 2 unspecified atom stereocenters. The summed E-state index contributed by atoms with van der Waals surface area (Å²) in [5.41, 5.74) is 0.